The molecule has 0 bridgehead atoms. The molecule has 14 heteroatoms. The van der Waals surface area contributed by atoms with Crippen LogP contribution in [0.2, 0.25) is 0 Å². The number of nitrogens with zero attached hydrogens (tertiary/aromatic N) is 4. The van der Waals surface area contributed by atoms with Crippen molar-refractivity contribution < 1.29 is 34.1 Å². The Morgan fingerprint density at radius 1 is 0.174 bits per heavy atom. The van der Waals surface area contributed by atoms with Gasteiger partial charge in [0.15, 0.2) is 0 Å². The summed E-state index contributed by atoms with van der Waals surface area (Å²) in [6.45, 7) is 0. The molecule has 0 atom stereocenters. The molecular formula is C78H82Cu2N6P6+6. The summed E-state index contributed by atoms with van der Waals surface area (Å²) < 4.78 is 0. The third kappa shape index (κ3) is 24.2. The molecule has 0 saturated carbocycles. The van der Waals surface area contributed by atoms with E-state index in [-0.39, 0.29) is 34.1 Å². The standard InChI is InChI=1S/3C26H24P2.2Cu.2H2N3/c3*1-5-13-23(14-6-1)27(24-15-7-2-8-16-24)21-22-28(25-17-9-3-10-18-25)26-19-11-4-12-20-26;;;2*1-3-2/h3*1-20H,21-22H2;;;2*(H2-,1,2)/q;;;2*+1;2*-1/p+6. The second-order valence-electron chi connectivity index (χ2n) is 21.0. The van der Waals surface area contributed by atoms with E-state index in [1.165, 1.54) is 101 Å². The molecule has 0 aliphatic heterocycles. The van der Waals surface area contributed by atoms with E-state index in [2.05, 4.69) is 376 Å². The Hall–Kier alpha value is -6.94. The first-order valence-electron chi connectivity index (χ1n) is 30.5. The molecule has 0 aliphatic rings. The summed E-state index contributed by atoms with van der Waals surface area (Å²) in [5.41, 5.74) is 13.9. The number of rotatable bonds is 21. The number of hydrogen-bond donors (Lipinski definition) is 2. The van der Waals surface area contributed by atoms with E-state index in [9.17, 15) is 0 Å². The second-order valence-corrected chi connectivity index (χ2v) is 36.7. The maximum Gasteiger partial charge on any atom is 1.00 e. The van der Waals surface area contributed by atoms with Gasteiger partial charge in [-0.05, 0) is 146 Å². The van der Waals surface area contributed by atoms with Gasteiger partial charge in [0.25, 0.3) is 0 Å². The topological polar surface area (TPSA) is 121 Å². The van der Waals surface area contributed by atoms with Gasteiger partial charge in [0.1, 0.15) is 37.0 Å². The Morgan fingerprint density at radius 3 is 0.304 bits per heavy atom. The fraction of sp³-hybridized carbons (Fsp3) is 0.0769. The molecule has 0 heterocycles. The van der Waals surface area contributed by atoms with Crippen LogP contribution in [0.15, 0.2) is 374 Å². The van der Waals surface area contributed by atoms with E-state index in [4.69, 9.17) is 11.1 Å². The predicted octanol–water partition coefficient (Wildman–Crippen LogP) is 13.9. The summed E-state index contributed by atoms with van der Waals surface area (Å²) in [4.78, 5) is 0. The van der Waals surface area contributed by atoms with Crippen LogP contribution in [0.1, 0.15) is 0 Å². The fourth-order valence-corrected chi connectivity index (χ4v) is 29.8. The van der Waals surface area contributed by atoms with Crippen LogP contribution >= 0.6 is 47.5 Å². The van der Waals surface area contributed by atoms with Gasteiger partial charge in [0.2, 0.25) is 0 Å². The first-order valence-corrected chi connectivity index (χ1v) is 40.7. The second kappa shape index (κ2) is 43.8. The van der Waals surface area contributed by atoms with Gasteiger partial charge in [-0.15, -0.1) is 0 Å². The Morgan fingerprint density at radius 2 is 0.239 bits per heavy atom. The molecule has 12 aromatic rings. The molecule has 0 amide bonds. The maximum absolute atomic E-state index is 6.97. The van der Waals surface area contributed by atoms with Gasteiger partial charge >= 0.3 is 34.1 Å². The predicted molar refractivity (Wildman–Crippen MR) is 412 cm³/mol. The fourth-order valence-electron chi connectivity index (χ4n) is 11.2. The van der Waals surface area contributed by atoms with Crippen molar-refractivity contribution in [2.75, 3.05) is 37.0 Å². The van der Waals surface area contributed by atoms with E-state index in [1.54, 1.807) is 0 Å². The quantitative estimate of drug-likeness (QED) is 0.0245. The minimum Gasteiger partial charge on any atom is -0.427 e. The van der Waals surface area contributed by atoms with Crippen LogP contribution in [0.5, 0.6) is 0 Å². The monoisotopic (exact) mass is 1410 g/mol. The van der Waals surface area contributed by atoms with Gasteiger partial charge in [-0.25, -0.2) is 0 Å². The summed E-state index contributed by atoms with van der Waals surface area (Å²) in [6, 6.07) is 134. The average molecular weight is 1420 g/mol. The number of benzene rings is 12. The van der Waals surface area contributed by atoms with E-state index in [1.807, 2.05) is 10.4 Å². The van der Waals surface area contributed by atoms with Gasteiger partial charge < -0.3 is 22.7 Å². The third-order valence-corrected chi connectivity index (χ3v) is 33.7. The first-order chi connectivity index (χ1) is 44.6. The normalized spacial score (nSPS) is 10.4. The van der Waals surface area contributed by atoms with Crippen LogP contribution < -0.4 is 75.3 Å². The van der Waals surface area contributed by atoms with Crippen molar-refractivity contribution in [1.29, 1.82) is 0 Å². The summed E-state index contributed by atoms with van der Waals surface area (Å²) in [6.07, 6.45) is 7.56. The Labute approximate surface area is 575 Å². The van der Waals surface area contributed by atoms with Crippen molar-refractivity contribution >= 4 is 111 Å². The molecule has 12 aromatic carbocycles. The Balaban J connectivity index is 0.000000208. The molecule has 470 valence electrons. The van der Waals surface area contributed by atoms with Crippen LogP contribution in [0.3, 0.4) is 0 Å². The zero-order valence-electron chi connectivity index (χ0n) is 51.4. The molecule has 0 radical (unpaired) electrons. The molecule has 92 heavy (non-hydrogen) atoms. The molecule has 12 rings (SSSR count). The van der Waals surface area contributed by atoms with Crippen molar-refractivity contribution in [2.45, 2.75) is 0 Å². The Bertz CT molecular complexity index is 2920. The largest absolute Gasteiger partial charge is 1.00 e. The SMILES string of the molecule is [Cu+].[Cu+].[N-]=NN.[N-]=NN.c1ccc([PH+](CC[PH+](c2ccccc2)c2ccccc2)c2ccccc2)cc1.c1ccc([PH+](CC[PH+](c2ccccc2)c2ccccc2)c2ccccc2)cc1.c1ccc([PH+](CC[PH+](c2ccccc2)c2ccccc2)c2ccccc2)cc1. The molecule has 0 spiro atoms. The van der Waals surface area contributed by atoms with Gasteiger partial charge in [-0.1, -0.05) is 218 Å². The molecular weight excluding hydrogens is 1330 g/mol. The summed E-state index contributed by atoms with van der Waals surface area (Å²) in [5, 5.41) is 22.2. The van der Waals surface area contributed by atoms with E-state index >= 15 is 0 Å². The van der Waals surface area contributed by atoms with Gasteiger partial charge in [0, 0.05) is 0 Å². The van der Waals surface area contributed by atoms with Crippen LogP contribution in [-0.2, 0) is 34.1 Å². The zero-order valence-corrected chi connectivity index (χ0v) is 59.3. The summed E-state index contributed by atoms with van der Waals surface area (Å²) in [5.74, 6) is 8.06. The molecule has 0 unspecified atom stereocenters. The van der Waals surface area contributed by atoms with E-state index in [0.717, 1.165) is 0 Å². The van der Waals surface area contributed by atoms with E-state index in [0.29, 0.717) is 0 Å². The molecule has 0 aliphatic carbocycles. The number of nitrogens with two attached hydrogens (primary N) is 2. The minimum absolute atomic E-state index is 0. The van der Waals surface area contributed by atoms with Crippen LogP contribution in [0.25, 0.3) is 11.1 Å². The van der Waals surface area contributed by atoms with E-state index < -0.39 is 47.5 Å². The van der Waals surface area contributed by atoms with Crippen LogP contribution in [0, 0.1) is 0 Å². The smallest absolute Gasteiger partial charge is 0.427 e. The van der Waals surface area contributed by atoms with Gasteiger partial charge in [0.05, 0.1) is 111 Å². The van der Waals surface area contributed by atoms with Crippen molar-refractivity contribution in [3.8, 4) is 0 Å². The molecule has 0 fully saturated rings. The van der Waals surface area contributed by atoms with Crippen LogP contribution in [-0.4, -0.2) is 37.0 Å². The minimum atomic E-state index is -0.783. The van der Waals surface area contributed by atoms with Crippen molar-refractivity contribution in [1.82, 2.24) is 0 Å². The number of hydrogen-bond acceptors (Lipinski definition) is 2. The van der Waals surface area contributed by atoms with Gasteiger partial charge in [-0.3, -0.25) is 10.4 Å². The zero-order chi connectivity index (χ0) is 62.5. The molecule has 0 aromatic heterocycles. The first kappa shape index (κ1) is 74.1. The van der Waals surface area contributed by atoms with Crippen molar-refractivity contribution in [3.05, 3.63) is 375 Å². The molecule has 0 saturated heterocycles. The molecule has 4 N–H and O–H groups in total. The van der Waals surface area contributed by atoms with Crippen molar-refractivity contribution in [3.63, 3.8) is 0 Å². The van der Waals surface area contributed by atoms with Gasteiger partial charge in [-0.2, -0.15) is 0 Å². The Kier molecular flexibility index (Phi) is 35.3. The van der Waals surface area contributed by atoms with Crippen molar-refractivity contribution in [2.24, 2.45) is 22.1 Å². The maximum atomic E-state index is 6.97. The third-order valence-electron chi connectivity index (χ3n) is 15.3. The van der Waals surface area contributed by atoms with Crippen LogP contribution in [0.4, 0.5) is 0 Å². The molecule has 6 nitrogen and oxygen atoms in total. The average Bonchev–Trinajstić information content (AvgIpc) is 1.28. The summed E-state index contributed by atoms with van der Waals surface area (Å²) >= 11 is 0. The summed E-state index contributed by atoms with van der Waals surface area (Å²) in [7, 11) is -4.70.